The maximum atomic E-state index is 13.4. The van der Waals surface area contributed by atoms with Crippen LogP contribution >= 0.6 is 12.6 Å². The van der Waals surface area contributed by atoms with Crippen molar-refractivity contribution in [2.45, 2.75) is 27.0 Å². The number of thiol groups is 1. The van der Waals surface area contributed by atoms with Gasteiger partial charge in [0.05, 0.1) is 12.1 Å². The van der Waals surface area contributed by atoms with E-state index in [1.165, 1.54) is 24.5 Å². The van der Waals surface area contributed by atoms with E-state index in [2.05, 4.69) is 27.9 Å². The lowest BCUT2D eigenvalue weighted by Crippen LogP contribution is -2.20. The van der Waals surface area contributed by atoms with Crippen molar-refractivity contribution in [3.63, 3.8) is 0 Å². The van der Waals surface area contributed by atoms with Crippen LogP contribution in [0.15, 0.2) is 83.5 Å². The van der Waals surface area contributed by atoms with Gasteiger partial charge in [-0.2, -0.15) is 17.7 Å². The van der Waals surface area contributed by atoms with Crippen molar-refractivity contribution >= 4 is 35.0 Å². The zero-order valence-corrected chi connectivity index (χ0v) is 23.1. The Balaban J connectivity index is 0.00000181. The van der Waals surface area contributed by atoms with Gasteiger partial charge in [-0.25, -0.2) is 14.4 Å². The van der Waals surface area contributed by atoms with Crippen LogP contribution in [0.2, 0.25) is 0 Å². The van der Waals surface area contributed by atoms with E-state index in [9.17, 15) is 14.7 Å². The number of hydroxylamine groups is 2. The molecular weight excluding hydrogens is 531 g/mol. The van der Waals surface area contributed by atoms with Gasteiger partial charge in [0.1, 0.15) is 36.1 Å². The summed E-state index contributed by atoms with van der Waals surface area (Å²) in [6.07, 6.45) is 1.46. The number of halogens is 1. The SMILES string of the molecule is CC.Oc1cc(Nc2ncnc3ccc(-c4ccc(CN(O)CCS)o4)cc23)ccc1OCc1cccc(F)c1. The minimum absolute atomic E-state index is 0.0654. The van der Waals surface area contributed by atoms with Gasteiger partial charge in [0.2, 0.25) is 0 Å². The van der Waals surface area contributed by atoms with Gasteiger partial charge >= 0.3 is 0 Å². The number of anilines is 2. The van der Waals surface area contributed by atoms with E-state index in [1.807, 2.05) is 44.2 Å². The van der Waals surface area contributed by atoms with Gasteiger partial charge < -0.3 is 24.8 Å². The summed E-state index contributed by atoms with van der Waals surface area (Å²) in [7, 11) is 0. The highest BCUT2D eigenvalue weighted by Gasteiger charge is 2.12. The van der Waals surface area contributed by atoms with E-state index in [-0.39, 0.29) is 30.5 Å². The molecule has 5 rings (SSSR count). The highest BCUT2D eigenvalue weighted by molar-refractivity contribution is 7.80. The Bertz CT molecular complexity index is 1560. The van der Waals surface area contributed by atoms with Crippen LogP contribution in [0.3, 0.4) is 0 Å². The van der Waals surface area contributed by atoms with Crippen LogP contribution in [0.25, 0.3) is 22.2 Å². The standard InChI is InChI=1S/C28H25FN4O4S.C2H6/c29-20-3-1-2-18(12-20)16-36-27-8-5-21(14-25(27)34)32-28-23-13-19(4-7-24(23)30-17-31-28)26-9-6-22(37-26)15-33(35)10-11-38;1-2/h1-9,12-14,17,34-35,38H,10-11,15-16H2,(H,30,31,32);1-2H3. The molecule has 3 N–H and O–H groups in total. The molecule has 3 aromatic carbocycles. The zero-order valence-electron chi connectivity index (χ0n) is 22.2. The van der Waals surface area contributed by atoms with Gasteiger partial charge in [-0.15, -0.1) is 0 Å². The molecule has 0 saturated heterocycles. The lowest BCUT2D eigenvalue weighted by atomic mass is 10.1. The van der Waals surface area contributed by atoms with Gasteiger partial charge in [0.15, 0.2) is 11.5 Å². The average Bonchev–Trinajstić information content (AvgIpc) is 3.42. The zero-order chi connectivity index (χ0) is 28.5. The fraction of sp³-hybridized carbons (Fsp3) is 0.200. The molecule has 5 aromatic rings. The van der Waals surface area contributed by atoms with Gasteiger partial charge in [0.25, 0.3) is 0 Å². The molecule has 0 atom stereocenters. The van der Waals surface area contributed by atoms with Crippen LogP contribution in [0.4, 0.5) is 15.9 Å². The van der Waals surface area contributed by atoms with Gasteiger partial charge in [-0.3, -0.25) is 0 Å². The second-order valence-electron chi connectivity index (χ2n) is 8.56. The molecular formula is C30H31FN4O4S. The third-order valence-electron chi connectivity index (χ3n) is 5.78. The predicted octanol–water partition coefficient (Wildman–Crippen LogP) is 7.20. The predicted molar refractivity (Wildman–Crippen MR) is 157 cm³/mol. The van der Waals surface area contributed by atoms with Crippen molar-refractivity contribution in [2.24, 2.45) is 0 Å². The van der Waals surface area contributed by atoms with Crippen LogP contribution in [0.1, 0.15) is 25.2 Å². The van der Waals surface area contributed by atoms with Crippen molar-refractivity contribution in [3.8, 4) is 22.8 Å². The number of rotatable bonds is 10. The summed E-state index contributed by atoms with van der Waals surface area (Å²) in [5, 5.41) is 25.5. The number of aromatic nitrogens is 2. The lowest BCUT2D eigenvalue weighted by Gasteiger charge is -2.12. The second kappa shape index (κ2) is 13.8. The third kappa shape index (κ3) is 7.29. The first-order chi connectivity index (χ1) is 19.5. The van der Waals surface area contributed by atoms with Gasteiger partial charge in [-0.05, 0) is 60.2 Å². The number of hydrogen-bond donors (Lipinski definition) is 4. The largest absolute Gasteiger partial charge is 0.504 e. The third-order valence-corrected chi connectivity index (χ3v) is 5.98. The first kappa shape index (κ1) is 28.9. The molecule has 2 aromatic heterocycles. The van der Waals surface area contributed by atoms with Crippen LogP contribution in [0.5, 0.6) is 11.5 Å². The van der Waals surface area contributed by atoms with Crippen molar-refractivity contribution in [3.05, 3.63) is 96.3 Å². The van der Waals surface area contributed by atoms with Crippen LogP contribution in [0, 0.1) is 5.82 Å². The highest BCUT2D eigenvalue weighted by atomic mass is 32.1. The number of fused-ring (bicyclic) bond motifs is 1. The molecule has 0 saturated carbocycles. The van der Waals surface area contributed by atoms with Crippen molar-refractivity contribution < 1.29 is 23.9 Å². The first-order valence-electron chi connectivity index (χ1n) is 12.8. The summed E-state index contributed by atoms with van der Waals surface area (Å²) in [5.41, 5.74) is 2.81. The molecule has 0 aliphatic rings. The topological polar surface area (TPSA) is 104 Å². The number of nitrogens with one attached hydrogen (secondary N) is 1. The fourth-order valence-electron chi connectivity index (χ4n) is 3.94. The van der Waals surface area contributed by atoms with Crippen molar-refractivity contribution in [2.75, 3.05) is 17.6 Å². The Morgan fingerprint density at radius 3 is 2.65 bits per heavy atom. The summed E-state index contributed by atoms with van der Waals surface area (Å²) >= 11 is 4.12. The number of ether oxygens (including phenoxy) is 1. The number of nitrogens with zero attached hydrogens (tertiary/aromatic N) is 3. The Morgan fingerprint density at radius 2 is 1.88 bits per heavy atom. The van der Waals surface area contributed by atoms with Gasteiger partial charge in [0, 0.05) is 35.0 Å². The lowest BCUT2D eigenvalue weighted by molar-refractivity contribution is -0.0974. The normalized spacial score (nSPS) is 10.8. The Morgan fingerprint density at radius 1 is 1.02 bits per heavy atom. The number of phenols is 1. The molecule has 0 amide bonds. The molecule has 0 aliphatic heterocycles. The average molecular weight is 563 g/mol. The summed E-state index contributed by atoms with van der Waals surface area (Å²) in [4.78, 5) is 8.74. The second-order valence-corrected chi connectivity index (χ2v) is 9.01. The van der Waals surface area contributed by atoms with Crippen LogP contribution < -0.4 is 10.1 Å². The Hall–Kier alpha value is -4.12. The Kier molecular flexibility index (Phi) is 9.96. The van der Waals surface area contributed by atoms with Crippen molar-refractivity contribution in [1.82, 2.24) is 15.0 Å². The molecule has 40 heavy (non-hydrogen) atoms. The molecule has 8 nitrogen and oxygen atoms in total. The molecule has 0 radical (unpaired) electrons. The fourth-order valence-corrected chi connectivity index (χ4v) is 4.17. The van der Waals surface area contributed by atoms with E-state index in [1.54, 1.807) is 24.3 Å². The van der Waals surface area contributed by atoms with E-state index >= 15 is 0 Å². The monoisotopic (exact) mass is 562 g/mol. The van der Waals surface area contributed by atoms with Crippen LogP contribution in [-0.4, -0.2) is 37.6 Å². The molecule has 0 unspecified atom stereocenters. The maximum Gasteiger partial charge on any atom is 0.161 e. The number of aromatic hydroxyl groups is 1. The molecule has 0 bridgehead atoms. The molecule has 2 heterocycles. The Labute approximate surface area is 237 Å². The number of benzene rings is 3. The first-order valence-corrected chi connectivity index (χ1v) is 13.5. The molecule has 0 aliphatic carbocycles. The van der Waals surface area contributed by atoms with E-state index < -0.39 is 0 Å². The molecule has 0 spiro atoms. The van der Waals surface area contributed by atoms with E-state index in [0.29, 0.717) is 40.9 Å². The summed E-state index contributed by atoms with van der Waals surface area (Å²) in [5.74, 6) is 2.22. The number of hydrogen-bond acceptors (Lipinski definition) is 9. The van der Waals surface area contributed by atoms with E-state index in [0.717, 1.165) is 21.5 Å². The summed E-state index contributed by atoms with van der Waals surface area (Å²) < 4.78 is 25.0. The minimum atomic E-state index is -0.344. The molecule has 0 fully saturated rings. The summed E-state index contributed by atoms with van der Waals surface area (Å²) in [6.45, 7) is 4.81. The number of furan rings is 1. The minimum Gasteiger partial charge on any atom is -0.504 e. The highest BCUT2D eigenvalue weighted by Crippen LogP contribution is 2.33. The van der Waals surface area contributed by atoms with Crippen LogP contribution in [-0.2, 0) is 13.2 Å². The molecule has 208 valence electrons. The quantitative estimate of drug-likeness (QED) is 0.105. The van der Waals surface area contributed by atoms with Gasteiger partial charge in [-0.1, -0.05) is 26.0 Å². The van der Waals surface area contributed by atoms with Crippen molar-refractivity contribution in [1.29, 1.82) is 0 Å². The smallest absolute Gasteiger partial charge is 0.161 e. The van der Waals surface area contributed by atoms with E-state index in [4.69, 9.17) is 9.15 Å². The maximum absolute atomic E-state index is 13.4. The molecule has 10 heteroatoms. The summed E-state index contributed by atoms with van der Waals surface area (Å²) in [6, 6.07) is 20.4. The number of phenolic OH excluding ortho intramolecular Hbond substituents is 1.